The number of ether oxygens (including phenoxy) is 2. The molecule has 5 rings (SSSR count). The highest BCUT2D eigenvalue weighted by molar-refractivity contribution is 6.15. The summed E-state index contributed by atoms with van der Waals surface area (Å²) in [4.78, 5) is 24.8. The molecule has 0 saturated carbocycles. The number of rotatable bonds is 4. The second-order valence-corrected chi connectivity index (χ2v) is 7.39. The van der Waals surface area contributed by atoms with Crippen molar-refractivity contribution in [2.75, 3.05) is 12.1 Å². The molecule has 0 atom stereocenters. The van der Waals surface area contributed by atoms with Crippen molar-refractivity contribution in [1.29, 1.82) is 0 Å². The molecule has 1 aliphatic heterocycles. The topological polar surface area (TPSA) is 64.6 Å². The molecule has 0 aromatic heterocycles. The zero-order valence-electron chi connectivity index (χ0n) is 16.6. The third-order valence-corrected chi connectivity index (χ3v) is 5.28. The normalized spacial score (nSPS) is 15.5. The third kappa shape index (κ3) is 3.98. The van der Waals surface area contributed by atoms with Gasteiger partial charge in [0.2, 0.25) is 12.7 Å². The highest BCUT2D eigenvalue weighted by Gasteiger charge is 2.23. The summed E-state index contributed by atoms with van der Waals surface area (Å²) >= 11 is 0. The van der Waals surface area contributed by atoms with Gasteiger partial charge in [0.05, 0.1) is 0 Å². The Labute approximate surface area is 179 Å². The van der Waals surface area contributed by atoms with Gasteiger partial charge in [-0.05, 0) is 53.1 Å². The molecule has 1 heterocycles. The lowest BCUT2D eigenvalue weighted by molar-refractivity contribution is -0.111. The maximum Gasteiger partial charge on any atom is 0.248 e. The van der Waals surface area contributed by atoms with E-state index in [2.05, 4.69) is 5.32 Å². The summed E-state index contributed by atoms with van der Waals surface area (Å²) in [6.07, 6.45) is 5.76. The molecule has 1 N–H and O–H groups in total. The lowest BCUT2D eigenvalue weighted by Gasteiger charge is -2.03. The first kappa shape index (κ1) is 18.9. The average molecular weight is 409 g/mol. The zero-order valence-corrected chi connectivity index (χ0v) is 16.6. The Morgan fingerprint density at radius 1 is 0.903 bits per heavy atom. The van der Waals surface area contributed by atoms with Crippen LogP contribution in [0.4, 0.5) is 5.69 Å². The van der Waals surface area contributed by atoms with Crippen LogP contribution < -0.4 is 14.8 Å². The second kappa shape index (κ2) is 7.95. The maximum atomic E-state index is 12.5. The first-order valence-corrected chi connectivity index (χ1v) is 9.98. The van der Waals surface area contributed by atoms with E-state index in [4.69, 9.17) is 9.47 Å². The molecule has 0 bridgehead atoms. The van der Waals surface area contributed by atoms with E-state index in [0.29, 0.717) is 23.6 Å². The first-order valence-electron chi connectivity index (χ1n) is 9.98. The minimum absolute atomic E-state index is 0.0848. The largest absolute Gasteiger partial charge is 0.454 e. The monoisotopic (exact) mass is 409 g/mol. The maximum absolute atomic E-state index is 12.5. The predicted molar refractivity (Wildman–Crippen MR) is 119 cm³/mol. The Bertz CT molecular complexity index is 1240. The van der Waals surface area contributed by atoms with Crippen LogP contribution in [0.25, 0.3) is 12.2 Å². The smallest absolute Gasteiger partial charge is 0.248 e. The minimum atomic E-state index is -0.231. The van der Waals surface area contributed by atoms with E-state index < -0.39 is 0 Å². The van der Waals surface area contributed by atoms with Crippen molar-refractivity contribution in [1.82, 2.24) is 0 Å². The molecule has 0 saturated heterocycles. The Morgan fingerprint density at radius 2 is 1.68 bits per heavy atom. The molecule has 0 radical (unpaired) electrons. The molecule has 5 heteroatoms. The number of amides is 1. The summed E-state index contributed by atoms with van der Waals surface area (Å²) in [6.45, 7) is 0.219. The van der Waals surface area contributed by atoms with E-state index in [9.17, 15) is 9.59 Å². The van der Waals surface area contributed by atoms with E-state index in [1.54, 1.807) is 6.08 Å². The van der Waals surface area contributed by atoms with Crippen LogP contribution in [-0.4, -0.2) is 18.5 Å². The molecular formula is C26H19NO4. The lowest BCUT2D eigenvalue weighted by Crippen LogP contribution is -2.07. The van der Waals surface area contributed by atoms with Crippen LogP contribution in [0.3, 0.4) is 0 Å². The average Bonchev–Trinajstić information content (AvgIpc) is 3.38. The van der Waals surface area contributed by atoms with Crippen LogP contribution in [0.5, 0.6) is 11.5 Å². The molecule has 1 aliphatic carbocycles. The summed E-state index contributed by atoms with van der Waals surface area (Å²) < 4.78 is 10.6. The highest BCUT2D eigenvalue weighted by Crippen LogP contribution is 2.33. The van der Waals surface area contributed by atoms with Gasteiger partial charge in [-0.15, -0.1) is 0 Å². The molecule has 0 fully saturated rings. The highest BCUT2D eigenvalue weighted by atomic mass is 16.7. The van der Waals surface area contributed by atoms with Crippen molar-refractivity contribution in [3.05, 3.63) is 101 Å². The molecular weight excluding hydrogens is 390 g/mol. The van der Waals surface area contributed by atoms with Gasteiger partial charge in [-0.1, -0.05) is 42.5 Å². The van der Waals surface area contributed by atoms with Crippen molar-refractivity contribution < 1.29 is 19.1 Å². The standard InChI is InChI=1S/C26H19NO4/c28-25(12-8-18-7-11-23-24(14-18)31-16-30-23)27-21-9-5-17(6-10-21)13-20-15-19-3-1-2-4-22(19)26(20)29/h1-14H,15-16H2,(H,27,28)/b12-8+,20-13+. The van der Waals surface area contributed by atoms with Crippen molar-refractivity contribution in [3.8, 4) is 11.5 Å². The van der Waals surface area contributed by atoms with E-state index in [-0.39, 0.29) is 18.5 Å². The van der Waals surface area contributed by atoms with Gasteiger partial charge in [0.1, 0.15) is 0 Å². The van der Waals surface area contributed by atoms with Gasteiger partial charge in [0.15, 0.2) is 17.3 Å². The number of hydrogen-bond acceptors (Lipinski definition) is 4. The number of carbonyl (C=O) groups excluding carboxylic acids is 2. The van der Waals surface area contributed by atoms with Crippen molar-refractivity contribution in [3.63, 3.8) is 0 Å². The number of benzene rings is 3. The molecule has 2 aliphatic rings. The molecule has 0 spiro atoms. The summed E-state index contributed by atoms with van der Waals surface area (Å²) in [5, 5.41) is 2.84. The number of Topliss-reactive ketones (excluding diaryl/α,β-unsaturated/α-hetero) is 1. The van der Waals surface area contributed by atoms with Crippen molar-refractivity contribution >= 4 is 29.5 Å². The Hall–Kier alpha value is -4.12. The number of ketones is 1. The fourth-order valence-electron chi connectivity index (χ4n) is 3.71. The number of carbonyl (C=O) groups is 2. The van der Waals surface area contributed by atoms with Gasteiger partial charge in [-0.2, -0.15) is 0 Å². The number of hydrogen-bond donors (Lipinski definition) is 1. The molecule has 1 amide bonds. The molecule has 0 unspecified atom stereocenters. The number of anilines is 1. The summed E-state index contributed by atoms with van der Waals surface area (Å²) in [5.41, 5.74) is 5.09. The van der Waals surface area contributed by atoms with Gasteiger partial charge in [-0.3, -0.25) is 9.59 Å². The molecule has 3 aromatic rings. The van der Waals surface area contributed by atoms with Gasteiger partial charge in [0, 0.05) is 29.3 Å². The van der Waals surface area contributed by atoms with Gasteiger partial charge in [0.25, 0.3) is 0 Å². The summed E-state index contributed by atoms with van der Waals surface area (Å²) in [6, 6.07) is 20.6. The fraction of sp³-hybridized carbons (Fsp3) is 0.0769. The van der Waals surface area contributed by atoms with Gasteiger partial charge >= 0.3 is 0 Å². The van der Waals surface area contributed by atoms with Crippen LogP contribution in [0.1, 0.15) is 27.0 Å². The van der Waals surface area contributed by atoms with Crippen LogP contribution in [0.2, 0.25) is 0 Å². The fourth-order valence-corrected chi connectivity index (χ4v) is 3.71. The lowest BCUT2D eigenvalue weighted by atomic mass is 10.1. The number of nitrogens with one attached hydrogen (secondary N) is 1. The Balaban J connectivity index is 1.22. The van der Waals surface area contributed by atoms with Crippen molar-refractivity contribution in [2.45, 2.75) is 6.42 Å². The van der Waals surface area contributed by atoms with E-state index >= 15 is 0 Å². The van der Waals surface area contributed by atoms with Crippen molar-refractivity contribution in [2.24, 2.45) is 0 Å². The summed E-state index contributed by atoms with van der Waals surface area (Å²) in [5.74, 6) is 1.24. The SMILES string of the molecule is O=C(/C=C/c1ccc2c(c1)OCO2)Nc1ccc(/C=C2\Cc3ccccc3C2=O)cc1. The minimum Gasteiger partial charge on any atom is -0.454 e. The van der Waals surface area contributed by atoms with E-state index in [1.807, 2.05) is 72.8 Å². The molecule has 3 aromatic carbocycles. The summed E-state index contributed by atoms with van der Waals surface area (Å²) in [7, 11) is 0. The molecule has 152 valence electrons. The number of allylic oxidation sites excluding steroid dienone is 1. The van der Waals surface area contributed by atoms with Crippen LogP contribution in [-0.2, 0) is 11.2 Å². The predicted octanol–water partition coefficient (Wildman–Crippen LogP) is 4.89. The van der Waals surface area contributed by atoms with Gasteiger partial charge in [-0.25, -0.2) is 0 Å². The van der Waals surface area contributed by atoms with E-state index in [1.165, 1.54) is 6.08 Å². The van der Waals surface area contributed by atoms with Crippen LogP contribution in [0.15, 0.2) is 78.4 Å². The Morgan fingerprint density at radius 3 is 2.52 bits per heavy atom. The quantitative estimate of drug-likeness (QED) is 0.623. The second-order valence-electron chi connectivity index (χ2n) is 7.39. The third-order valence-electron chi connectivity index (χ3n) is 5.28. The van der Waals surface area contributed by atoms with Crippen LogP contribution >= 0.6 is 0 Å². The first-order chi connectivity index (χ1) is 15.2. The van der Waals surface area contributed by atoms with Gasteiger partial charge < -0.3 is 14.8 Å². The van der Waals surface area contributed by atoms with Crippen LogP contribution in [0, 0.1) is 0 Å². The molecule has 31 heavy (non-hydrogen) atoms. The zero-order chi connectivity index (χ0) is 21.2. The Kier molecular flexibility index (Phi) is 4.84. The molecule has 5 nitrogen and oxygen atoms in total. The van der Waals surface area contributed by atoms with E-state index in [0.717, 1.165) is 27.8 Å². The number of fused-ring (bicyclic) bond motifs is 2.